The molecule has 0 aliphatic rings. The minimum atomic E-state index is -0.926. The Morgan fingerprint density at radius 1 is 0.769 bits per heavy atom. The van der Waals surface area contributed by atoms with E-state index in [1.807, 2.05) is 18.2 Å². The zero-order chi connectivity index (χ0) is 28.6. The number of hydrogen-bond donors (Lipinski definition) is 5. The SMILES string of the molecule is CC(=O)N[C@@H](Cc1ccc(O)cc1)C(=O)NCC(=O)N[C@@H](C)C(=O)NCC(=O)CCCCCc1ccccc1. The molecule has 0 unspecified atom stereocenters. The molecule has 0 spiro atoms. The van der Waals surface area contributed by atoms with Crippen LogP contribution in [-0.4, -0.2) is 59.7 Å². The van der Waals surface area contributed by atoms with Gasteiger partial charge in [0.1, 0.15) is 17.8 Å². The summed E-state index contributed by atoms with van der Waals surface area (Å²) in [5.74, 6) is -2.08. The zero-order valence-electron chi connectivity index (χ0n) is 22.5. The van der Waals surface area contributed by atoms with Gasteiger partial charge in [-0.15, -0.1) is 0 Å². The van der Waals surface area contributed by atoms with E-state index in [9.17, 15) is 29.1 Å². The number of unbranched alkanes of at least 4 members (excludes halogenated alkanes) is 2. The second-order valence-corrected chi connectivity index (χ2v) is 9.43. The first kappa shape index (κ1) is 31.0. The molecule has 0 fully saturated rings. The number of phenols is 1. The number of aromatic hydroxyl groups is 1. The predicted molar refractivity (Wildman–Crippen MR) is 147 cm³/mol. The summed E-state index contributed by atoms with van der Waals surface area (Å²) in [5.41, 5.74) is 1.98. The van der Waals surface area contributed by atoms with Gasteiger partial charge in [0.2, 0.25) is 23.6 Å². The van der Waals surface area contributed by atoms with Gasteiger partial charge in [-0.2, -0.15) is 0 Å². The van der Waals surface area contributed by atoms with Crippen molar-refractivity contribution in [3.63, 3.8) is 0 Å². The third-order valence-corrected chi connectivity index (χ3v) is 5.99. The first-order valence-corrected chi connectivity index (χ1v) is 13.1. The molecule has 2 atom stereocenters. The normalized spacial score (nSPS) is 12.1. The summed E-state index contributed by atoms with van der Waals surface area (Å²) >= 11 is 0. The van der Waals surface area contributed by atoms with Crippen molar-refractivity contribution in [1.82, 2.24) is 21.3 Å². The number of benzene rings is 2. The van der Waals surface area contributed by atoms with E-state index in [-0.39, 0.29) is 24.5 Å². The van der Waals surface area contributed by atoms with Crippen LogP contribution in [0.15, 0.2) is 54.6 Å². The third kappa shape index (κ3) is 12.7. The molecule has 4 amide bonds. The summed E-state index contributed by atoms with van der Waals surface area (Å²) in [6.07, 6.45) is 4.17. The lowest BCUT2D eigenvalue weighted by Gasteiger charge is -2.18. The van der Waals surface area contributed by atoms with E-state index in [0.717, 1.165) is 25.7 Å². The van der Waals surface area contributed by atoms with Crippen LogP contribution in [-0.2, 0) is 36.8 Å². The van der Waals surface area contributed by atoms with Crippen LogP contribution in [0, 0.1) is 0 Å². The summed E-state index contributed by atoms with van der Waals surface area (Å²) in [6.45, 7) is 2.25. The topological polar surface area (TPSA) is 154 Å². The predicted octanol–water partition coefficient (Wildman–Crippen LogP) is 1.55. The maximum Gasteiger partial charge on any atom is 0.243 e. The molecule has 0 heterocycles. The van der Waals surface area contributed by atoms with Crippen LogP contribution in [0.5, 0.6) is 5.75 Å². The summed E-state index contributed by atoms with van der Waals surface area (Å²) in [7, 11) is 0. The van der Waals surface area contributed by atoms with E-state index in [1.165, 1.54) is 31.5 Å². The van der Waals surface area contributed by atoms with Gasteiger partial charge in [-0.05, 0) is 49.4 Å². The number of Topliss-reactive ketones (excluding diaryl/α,β-unsaturated/α-hetero) is 1. The smallest absolute Gasteiger partial charge is 0.243 e. The minimum Gasteiger partial charge on any atom is -0.508 e. The molecule has 0 aromatic heterocycles. The van der Waals surface area contributed by atoms with E-state index in [0.29, 0.717) is 12.0 Å². The second-order valence-electron chi connectivity index (χ2n) is 9.43. The lowest BCUT2D eigenvalue weighted by Crippen LogP contribution is -2.52. The fourth-order valence-electron chi connectivity index (χ4n) is 3.87. The van der Waals surface area contributed by atoms with Crippen LogP contribution in [0.25, 0.3) is 0 Å². The highest BCUT2D eigenvalue weighted by molar-refractivity contribution is 5.93. The lowest BCUT2D eigenvalue weighted by atomic mass is 10.0. The molecule has 210 valence electrons. The van der Waals surface area contributed by atoms with Crippen molar-refractivity contribution in [2.24, 2.45) is 0 Å². The summed E-state index contributed by atoms with van der Waals surface area (Å²) in [4.78, 5) is 60.8. The van der Waals surface area contributed by atoms with Crippen molar-refractivity contribution < 1.29 is 29.1 Å². The summed E-state index contributed by atoms with van der Waals surface area (Å²) in [6, 6.07) is 14.5. The molecule has 2 rings (SSSR count). The molecule has 0 saturated carbocycles. The van der Waals surface area contributed by atoms with Gasteiger partial charge >= 0.3 is 0 Å². The Balaban J connectivity index is 1.65. The Labute approximate surface area is 228 Å². The van der Waals surface area contributed by atoms with E-state index in [2.05, 4.69) is 33.4 Å². The van der Waals surface area contributed by atoms with Crippen molar-refractivity contribution in [2.75, 3.05) is 13.1 Å². The molecule has 0 aliphatic carbocycles. The number of carbonyl (C=O) groups excluding carboxylic acids is 5. The molecule has 0 saturated heterocycles. The van der Waals surface area contributed by atoms with Gasteiger partial charge in [-0.3, -0.25) is 24.0 Å². The van der Waals surface area contributed by atoms with Gasteiger partial charge in [0, 0.05) is 19.8 Å². The highest BCUT2D eigenvalue weighted by atomic mass is 16.3. The fraction of sp³-hybridized carbons (Fsp3) is 0.414. The Kier molecular flexibility index (Phi) is 13.2. The van der Waals surface area contributed by atoms with Crippen LogP contribution in [0.2, 0.25) is 0 Å². The molecule has 0 radical (unpaired) electrons. The quantitative estimate of drug-likeness (QED) is 0.204. The Morgan fingerprint density at radius 2 is 1.44 bits per heavy atom. The fourth-order valence-corrected chi connectivity index (χ4v) is 3.87. The largest absolute Gasteiger partial charge is 0.508 e. The number of nitrogens with one attached hydrogen (secondary N) is 4. The number of rotatable bonds is 16. The minimum absolute atomic E-state index is 0.0769. The maximum absolute atomic E-state index is 12.6. The van der Waals surface area contributed by atoms with Gasteiger partial charge in [0.05, 0.1) is 13.1 Å². The standard InChI is InChI=1S/C29H38N4O6/c1-20(28(38)30-18-25(36)12-8-4-7-11-22-9-5-3-6-10-22)32-27(37)19-31-29(39)26(33-21(2)34)17-23-13-15-24(35)16-14-23/h3,5-6,9-10,13-16,20,26,35H,4,7-8,11-12,17-19H2,1-2H3,(H,30,38)(H,31,39)(H,32,37)(H,33,34)/t20-,26-/m0/s1. The van der Waals surface area contributed by atoms with Gasteiger partial charge in [0.25, 0.3) is 0 Å². The number of hydrogen-bond acceptors (Lipinski definition) is 6. The van der Waals surface area contributed by atoms with Crippen molar-refractivity contribution in [2.45, 2.75) is 64.5 Å². The van der Waals surface area contributed by atoms with Crippen molar-refractivity contribution in [3.05, 3.63) is 65.7 Å². The maximum atomic E-state index is 12.6. The van der Waals surface area contributed by atoms with Crippen LogP contribution in [0.1, 0.15) is 50.7 Å². The molecule has 0 aliphatic heterocycles. The molecule has 0 bridgehead atoms. The van der Waals surface area contributed by atoms with Crippen molar-refractivity contribution in [1.29, 1.82) is 0 Å². The highest BCUT2D eigenvalue weighted by Crippen LogP contribution is 2.11. The number of ketones is 1. The Morgan fingerprint density at radius 3 is 2.10 bits per heavy atom. The van der Waals surface area contributed by atoms with E-state index in [1.54, 1.807) is 12.1 Å². The van der Waals surface area contributed by atoms with Crippen LogP contribution in [0.4, 0.5) is 0 Å². The number of amides is 4. The van der Waals surface area contributed by atoms with E-state index < -0.39 is 42.3 Å². The molecule has 2 aromatic carbocycles. The van der Waals surface area contributed by atoms with Gasteiger partial charge in [-0.25, -0.2) is 0 Å². The van der Waals surface area contributed by atoms with Gasteiger partial charge in [0.15, 0.2) is 5.78 Å². The lowest BCUT2D eigenvalue weighted by molar-refractivity contribution is -0.131. The average molecular weight is 539 g/mol. The Hall–Kier alpha value is -4.21. The van der Waals surface area contributed by atoms with Crippen LogP contribution >= 0.6 is 0 Å². The average Bonchev–Trinajstić information content (AvgIpc) is 2.91. The summed E-state index contributed by atoms with van der Waals surface area (Å²) in [5, 5.41) is 19.4. The number of carbonyl (C=O) groups is 5. The van der Waals surface area contributed by atoms with Crippen molar-refractivity contribution >= 4 is 29.4 Å². The number of phenolic OH excluding ortho intramolecular Hbond substituents is 1. The molecular formula is C29H38N4O6. The first-order valence-electron chi connectivity index (χ1n) is 13.1. The number of aryl methyl sites for hydroxylation is 1. The second kappa shape index (κ2) is 16.6. The van der Waals surface area contributed by atoms with E-state index >= 15 is 0 Å². The summed E-state index contributed by atoms with van der Waals surface area (Å²) < 4.78 is 0. The molecule has 2 aromatic rings. The highest BCUT2D eigenvalue weighted by Gasteiger charge is 2.22. The molecule has 39 heavy (non-hydrogen) atoms. The monoisotopic (exact) mass is 538 g/mol. The van der Waals surface area contributed by atoms with Crippen molar-refractivity contribution in [3.8, 4) is 5.75 Å². The van der Waals surface area contributed by atoms with E-state index in [4.69, 9.17) is 0 Å². The zero-order valence-corrected chi connectivity index (χ0v) is 22.5. The molecule has 5 N–H and O–H groups in total. The third-order valence-electron chi connectivity index (χ3n) is 5.99. The van der Waals surface area contributed by atoms with Crippen LogP contribution < -0.4 is 21.3 Å². The van der Waals surface area contributed by atoms with Crippen LogP contribution in [0.3, 0.4) is 0 Å². The first-order chi connectivity index (χ1) is 18.6. The van der Waals surface area contributed by atoms with Gasteiger partial charge in [-0.1, -0.05) is 48.9 Å². The molecule has 10 nitrogen and oxygen atoms in total. The van der Waals surface area contributed by atoms with Gasteiger partial charge < -0.3 is 26.4 Å². The molecule has 10 heteroatoms. The molecular weight excluding hydrogens is 500 g/mol. The Bertz CT molecular complexity index is 1100.